The van der Waals surface area contributed by atoms with E-state index in [1.807, 2.05) is 4.90 Å². The molecule has 0 spiro atoms. The van der Waals surface area contributed by atoms with Gasteiger partial charge in [-0.1, -0.05) is 13.8 Å². The summed E-state index contributed by atoms with van der Waals surface area (Å²) in [5.74, 6) is 0.876. The second-order valence-electron chi connectivity index (χ2n) is 5.61. The largest absolute Gasteiger partial charge is 0.348 e. The Morgan fingerprint density at radius 1 is 1.25 bits per heavy atom. The summed E-state index contributed by atoms with van der Waals surface area (Å²) in [7, 11) is 1.52. The van der Waals surface area contributed by atoms with Crippen molar-refractivity contribution in [3.8, 4) is 0 Å². The predicted octanol–water partition coefficient (Wildman–Crippen LogP) is -0.602. The second-order valence-corrected chi connectivity index (χ2v) is 5.61. The molecule has 20 heavy (non-hydrogen) atoms. The molecule has 2 rings (SSSR count). The molecule has 0 bridgehead atoms. The standard InChI is InChI=1S/C13H23N5O2/c1-10(2)4-7-18-13(20)16(3)12(19)11(15-18)17-8-5-14-6-9-17/h10,14H,4-9H2,1-3H3. The minimum Gasteiger partial charge on any atom is -0.348 e. The van der Waals surface area contributed by atoms with E-state index < -0.39 is 0 Å². The maximum Gasteiger partial charge on any atom is 0.347 e. The zero-order valence-corrected chi connectivity index (χ0v) is 12.4. The molecule has 1 aliphatic rings. The van der Waals surface area contributed by atoms with Crippen molar-refractivity contribution >= 4 is 5.82 Å². The Morgan fingerprint density at radius 2 is 1.90 bits per heavy atom. The van der Waals surface area contributed by atoms with Crippen LogP contribution in [0.3, 0.4) is 0 Å². The molecule has 1 saturated heterocycles. The molecule has 7 heteroatoms. The fourth-order valence-electron chi connectivity index (χ4n) is 2.21. The van der Waals surface area contributed by atoms with Gasteiger partial charge in [-0.15, -0.1) is 5.10 Å². The van der Waals surface area contributed by atoms with Crippen LogP contribution in [0.2, 0.25) is 0 Å². The number of nitrogens with zero attached hydrogens (tertiary/aromatic N) is 4. The van der Waals surface area contributed by atoms with Crippen LogP contribution in [-0.2, 0) is 13.6 Å². The molecule has 0 atom stereocenters. The molecule has 0 unspecified atom stereocenters. The van der Waals surface area contributed by atoms with Gasteiger partial charge in [0.05, 0.1) is 0 Å². The highest BCUT2D eigenvalue weighted by atomic mass is 16.2. The Balaban J connectivity index is 2.36. The molecule has 0 saturated carbocycles. The minimum absolute atomic E-state index is 0.308. The highest BCUT2D eigenvalue weighted by Gasteiger charge is 2.18. The van der Waals surface area contributed by atoms with E-state index in [0.717, 1.165) is 37.2 Å². The van der Waals surface area contributed by atoms with Crippen LogP contribution in [0.4, 0.5) is 5.82 Å². The Kier molecular flexibility index (Phi) is 4.59. The van der Waals surface area contributed by atoms with Crippen molar-refractivity contribution in [2.45, 2.75) is 26.8 Å². The molecular weight excluding hydrogens is 258 g/mol. The lowest BCUT2D eigenvalue weighted by Crippen LogP contribution is -2.49. The predicted molar refractivity (Wildman–Crippen MR) is 78.3 cm³/mol. The zero-order valence-electron chi connectivity index (χ0n) is 12.4. The highest BCUT2D eigenvalue weighted by Crippen LogP contribution is 2.05. The maximum absolute atomic E-state index is 12.2. The molecule has 1 aromatic rings. The van der Waals surface area contributed by atoms with E-state index >= 15 is 0 Å². The number of piperazine rings is 1. The molecule has 1 N–H and O–H groups in total. The van der Waals surface area contributed by atoms with Gasteiger partial charge in [0.25, 0.3) is 5.56 Å². The second kappa shape index (κ2) is 6.21. The van der Waals surface area contributed by atoms with Gasteiger partial charge in [-0.3, -0.25) is 9.36 Å². The van der Waals surface area contributed by atoms with Crippen molar-refractivity contribution in [1.29, 1.82) is 0 Å². The summed E-state index contributed by atoms with van der Waals surface area (Å²) in [6.07, 6.45) is 0.867. The zero-order chi connectivity index (χ0) is 14.7. The van der Waals surface area contributed by atoms with Crippen LogP contribution in [0.5, 0.6) is 0 Å². The van der Waals surface area contributed by atoms with E-state index in [0.29, 0.717) is 18.3 Å². The summed E-state index contributed by atoms with van der Waals surface area (Å²) < 4.78 is 2.57. The van der Waals surface area contributed by atoms with Gasteiger partial charge in [-0.05, 0) is 12.3 Å². The Hall–Kier alpha value is -1.63. The monoisotopic (exact) mass is 281 g/mol. The number of rotatable bonds is 4. The fraction of sp³-hybridized carbons (Fsp3) is 0.769. The summed E-state index contributed by atoms with van der Waals surface area (Å²) in [4.78, 5) is 26.2. The number of anilines is 1. The van der Waals surface area contributed by atoms with Crippen LogP contribution in [0.1, 0.15) is 20.3 Å². The third kappa shape index (κ3) is 3.09. The normalized spacial score (nSPS) is 15.9. The van der Waals surface area contributed by atoms with Crippen molar-refractivity contribution in [3.63, 3.8) is 0 Å². The number of hydrogen-bond acceptors (Lipinski definition) is 5. The minimum atomic E-state index is -0.338. The van der Waals surface area contributed by atoms with Gasteiger partial charge in [0.15, 0.2) is 0 Å². The van der Waals surface area contributed by atoms with Gasteiger partial charge in [0.2, 0.25) is 5.82 Å². The lowest BCUT2D eigenvalue weighted by atomic mass is 10.1. The smallest absolute Gasteiger partial charge is 0.347 e. The van der Waals surface area contributed by atoms with Gasteiger partial charge in [-0.2, -0.15) is 0 Å². The molecule has 1 fully saturated rings. The average Bonchev–Trinajstić information content (AvgIpc) is 2.45. The Bertz CT molecular complexity index is 569. The van der Waals surface area contributed by atoms with Crippen molar-refractivity contribution in [2.24, 2.45) is 13.0 Å². The summed E-state index contributed by atoms with van der Waals surface area (Å²) in [5.41, 5.74) is -0.646. The van der Waals surface area contributed by atoms with Crippen molar-refractivity contribution in [2.75, 3.05) is 31.1 Å². The Morgan fingerprint density at radius 3 is 2.50 bits per heavy atom. The molecule has 2 heterocycles. The van der Waals surface area contributed by atoms with Crippen LogP contribution in [-0.4, -0.2) is 40.5 Å². The van der Waals surface area contributed by atoms with Crippen molar-refractivity contribution in [1.82, 2.24) is 19.7 Å². The average molecular weight is 281 g/mol. The molecule has 1 aromatic heterocycles. The molecule has 7 nitrogen and oxygen atoms in total. The van der Waals surface area contributed by atoms with Crippen molar-refractivity contribution < 1.29 is 0 Å². The summed E-state index contributed by atoms with van der Waals surface area (Å²) in [6, 6.07) is 0. The maximum atomic E-state index is 12.2. The van der Waals surface area contributed by atoms with E-state index in [1.54, 1.807) is 0 Å². The topological polar surface area (TPSA) is 72.2 Å². The van der Waals surface area contributed by atoms with Gasteiger partial charge in [-0.25, -0.2) is 9.48 Å². The van der Waals surface area contributed by atoms with Crippen LogP contribution in [0, 0.1) is 5.92 Å². The van der Waals surface area contributed by atoms with Crippen LogP contribution in [0.25, 0.3) is 0 Å². The highest BCUT2D eigenvalue weighted by molar-refractivity contribution is 5.35. The van der Waals surface area contributed by atoms with E-state index in [2.05, 4.69) is 24.3 Å². The SMILES string of the molecule is CC(C)CCn1nc(N2CCNCC2)c(=O)n(C)c1=O. The molecule has 0 amide bonds. The Labute approximate surface area is 118 Å². The molecule has 112 valence electrons. The number of hydrogen-bond donors (Lipinski definition) is 1. The van der Waals surface area contributed by atoms with Crippen molar-refractivity contribution in [3.05, 3.63) is 20.8 Å². The van der Waals surface area contributed by atoms with Crippen LogP contribution >= 0.6 is 0 Å². The van der Waals surface area contributed by atoms with E-state index in [9.17, 15) is 9.59 Å². The summed E-state index contributed by atoms with van der Waals surface area (Å²) >= 11 is 0. The number of nitrogens with one attached hydrogen (secondary N) is 1. The van der Waals surface area contributed by atoms with Gasteiger partial charge in [0, 0.05) is 39.8 Å². The first-order chi connectivity index (χ1) is 9.50. The van der Waals surface area contributed by atoms with Gasteiger partial charge in [0.1, 0.15) is 0 Å². The third-order valence-electron chi connectivity index (χ3n) is 3.55. The fourth-order valence-corrected chi connectivity index (χ4v) is 2.21. The first kappa shape index (κ1) is 14.8. The molecule has 0 aliphatic carbocycles. The van der Waals surface area contributed by atoms with E-state index in [-0.39, 0.29) is 11.2 Å². The third-order valence-corrected chi connectivity index (χ3v) is 3.55. The quantitative estimate of drug-likeness (QED) is 0.798. The van der Waals surface area contributed by atoms with Crippen LogP contribution in [0.15, 0.2) is 9.59 Å². The summed E-state index contributed by atoms with van der Waals surface area (Å²) in [5, 5.41) is 7.54. The first-order valence-corrected chi connectivity index (χ1v) is 7.14. The van der Waals surface area contributed by atoms with E-state index in [4.69, 9.17) is 0 Å². The molecule has 0 radical (unpaired) electrons. The van der Waals surface area contributed by atoms with Crippen LogP contribution < -0.4 is 21.5 Å². The first-order valence-electron chi connectivity index (χ1n) is 7.14. The molecule has 0 aromatic carbocycles. The summed E-state index contributed by atoms with van der Waals surface area (Å²) in [6.45, 7) is 7.89. The number of aromatic nitrogens is 3. The lowest BCUT2D eigenvalue weighted by Gasteiger charge is -2.28. The molecule has 1 aliphatic heterocycles. The van der Waals surface area contributed by atoms with Gasteiger partial charge >= 0.3 is 5.69 Å². The molecular formula is C13H23N5O2. The number of aryl methyl sites for hydroxylation is 1. The lowest BCUT2D eigenvalue weighted by molar-refractivity contribution is 0.444. The van der Waals surface area contributed by atoms with E-state index in [1.165, 1.54) is 11.7 Å². The van der Waals surface area contributed by atoms with Gasteiger partial charge < -0.3 is 10.2 Å².